The maximum atomic E-state index is 11.9. The van der Waals surface area contributed by atoms with Gasteiger partial charge in [0, 0.05) is 36.3 Å². The predicted molar refractivity (Wildman–Crippen MR) is 155 cm³/mol. The second kappa shape index (κ2) is 13.6. The van der Waals surface area contributed by atoms with Crippen LogP contribution in [0.5, 0.6) is 11.5 Å². The zero-order valence-corrected chi connectivity index (χ0v) is 24.6. The smallest absolute Gasteiger partial charge is 0.407 e. The van der Waals surface area contributed by atoms with Crippen LogP contribution in [0.15, 0.2) is 48.7 Å². The Labute approximate surface area is 240 Å². The molecule has 0 aliphatic rings. The average Bonchev–Trinajstić information content (AvgIpc) is 3.20. The Hall–Kier alpha value is -3.60. The topological polar surface area (TPSA) is 118 Å². The number of carboxylic acid groups (broad SMARTS) is 1. The summed E-state index contributed by atoms with van der Waals surface area (Å²) >= 11 is 6.24. The maximum absolute atomic E-state index is 11.9. The molecule has 1 amide bonds. The van der Waals surface area contributed by atoms with E-state index in [1.54, 1.807) is 39.0 Å². The average molecular weight is 572 g/mol. The van der Waals surface area contributed by atoms with Crippen LogP contribution in [0.1, 0.15) is 38.6 Å². The molecule has 11 heteroatoms. The van der Waals surface area contributed by atoms with Crippen molar-refractivity contribution in [3.05, 3.63) is 65.1 Å². The zero-order chi connectivity index (χ0) is 29.4. The number of benzene rings is 2. The standard InChI is InChI=1S/C29H38ClN5O5/c1-29(2,3)40-28(38)31-14-13-23(27(36)37)32-16-20-7-10-21(30)15-25(20)39-22-11-8-19(9-12-22)24-17-33-26(35(24)6)18-34(4)5/h7-12,15,17,23,32H,13-14,16,18H2,1-6H3,(H,31,38)(H,36,37). The van der Waals surface area contributed by atoms with E-state index in [1.807, 2.05) is 51.6 Å². The van der Waals surface area contributed by atoms with Crippen molar-refractivity contribution in [2.45, 2.75) is 51.9 Å². The number of aliphatic carboxylic acids is 1. The molecule has 1 aromatic heterocycles. The highest BCUT2D eigenvalue weighted by atomic mass is 35.5. The van der Waals surface area contributed by atoms with Crippen LogP contribution in [0.25, 0.3) is 11.3 Å². The lowest BCUT2D eigenvalue weighted by atomic mass is 10.1. The van der Waals surface area contributed by atoms with Crippen molar-refractivity contribution in [1.29, 1.82) is 0 Å². The van der Waals surface area contributed by atoms with E-state index in [0.29, 0.717) is 16.5 Å². The number of rotatable bonds is 12. The van der Waals surface area contributed by atoms with E-state index in [2.05, 4.69) is 25.1 Å². The number of hydrogen-bond acceptors (Lipinski definition) is 7. The fourth-order valence-electron chi connectivity index (χ4n) is 3.91. The maximum Gasteiger partial charge on any atom is 0.407 e. The third kappa shape index (κ3) is 9.25. The van der Waals surface area contributed by atoms with Gasteiger partial charge in [0.05, 0.1) is 18.4 Å². The van der Waals surface area contributed by atoms with Crippen molar-refractivity contribution in [2.75, 3.05) is 20.6 Å². The van der Waals surface area contributed by atoms with Crippen molar-refractivity contribution in [3.63, 3.8) is 0 Å². The highest BCUT2D eigenvalue weighted by molar-refractivity contribution is 6.30. The SMILES string of the molecule is CN(C)Cc1ncc(-c2ccc(Oc3cc(Cl)ccc3CNC(CCNC(=O)OC(C)(C)C)C(=O)O)cc2)n1C. The summed E-state index contributed by atoms with van der Waals surface area (Å²) in [4.78, 5) is 30.3. The van der Waals surface area contributed by atoms with Crippen LogP contribution >= 0.6 is 11.6 Å². The summed E-state index contributed by atoms with van der Waals surface area (Å²) in [6, 6.07) is 12.0. The Balaban J connectivity index is 1.65. The van der Waals surface area contributed by atoms with Gasteiger partial charge in [0.2, 0.25) is 0 Å². The molecule has 0 radical (unpaired) electrons. The number of amides is 1. The number of imidazole rings is 1. The van der Waals surface area contributed by atoms with Gasteiger partial charge in [0.25, 0.3) is 0 Å². The summed E-state index contributed by atoms with van der Waals surface area (Å²) < 4.78 is 13.4. The summed E-state index contributed by atoms with van der Waals surface area (Å²) in [7, 11) is 6.01. The molecule has 216 valence electrons. The van der Waals surface area contributed by atoms with Gasteiger partial charge in [0.1, 0.15) is 29.0 Å². The summed E-state index contributed by atoms with van der Waals surface area (Å²) in [5.41, 5.74) is 2.11. The third-order valence-electron chi connectivity index (χ3n) is 5.89. The molecule has 10 nitrogen and oxygen atoms in total. The van der Waals surface area contributed by atoms with Crippen molar-refractivity contribution >= 4 is 23.7 Å². The highest BCUT2D eigenvalue weighted by Crippen LogP contribution is 2.30. The number of hydrogen-bond donors (Lipinski definition) is 3. The molecule has 0 spiro atoms. The van der Waals surface area contributed by atoms with Crippen LogP contribution in [-0.4, -0.2) is 63.9 Å². The van der Waals surface area contributed by atoms with Crippen LogP contribution in [0.2, 0.25) is 5.02 Å². The zero-order valence-electron chi connectivity index (χ0n) is 23.8. The number of alkyl carbamates (subject to hydrolysis) is 1. The number of nitrogens with zero attached hydrogens (tertiary/aromatic N) is 3. The molecule has 2 aromatic carbocycles. The van der Waals surface area contributed by atoms with Crippen molar-refractivity contribution in [2.24, 2.45) is 7.05 Å². The molecule has 1 heterocycles. The summed E-state index contributed by atoms with van der Waals surface area (Å²) in [6.07, 6.45) is 1.44. The van der Waals surface area contributed by atoms with Gasteiger partial charge in [-0.25, -0.2) is 9.78 Å². The van der Waals surface area contributed by atoms with Gasteiger partial charge in [-0.1, -0.05) is 17.7 Å². The number of carbonyl (C=O) groups excluding carboxylic acids is 1. The Bertz CT molecular complexity index is 1300. The monoisotopic (exact) mass is 571 g/mol. The Morgan fingerprint density at radius 3 is 2.48 bits per heavy atom. The first-order chi connectivity index (χ1) is 18.8. The van der Waals surface area contributed by atoms with Crippen molar-refractivity contribution in [1.82, 2.24) is 25.1 Å². The second-order valence-corrected chi connectivity index (χ2v) is 11.2. The molecule has 0 aliphatic heterocycles. The number of ether oxygens (including phenoxy) is 2. The number of aromatic nitrogens is 2. The third-order valence-corrected chi connectivity index (χ3v) is 6.12. The van der Waals surface area contributed by atoms with Gasteiger partial charge >= 0.3 is 12.1 Å². The Morgan fingerprint density at radius 1 is 1.15 bits per heavy atom. The van der Waals surface area contributed by atoms with E-state index in [-0.39, 0.29) is 19.5 Å². The quantitative estimate of drug-likeness (QED) is 0.276. The van der Waals surface area contributed by atoms with Crippen LogP contribution < -0.4 is 15.4 Å². The summed E-state index contributed by atoms with van der Waals surface area (Å²) in [5, 5.41) is 15.8. The first-order valence-corrected chi connectivity index (χ1v) is 13.4. The summed E-state index contributed by atoms with van der Waals surface area (Å²) in [6.45, 7) is 6.39. The molecule has 3 rings (SSSR count). The largest absolute Gasteiger partial charge is 0.480 e. The molecule has 1 atom stereocenters. The fraction of sp³-hybridized carbons (Fsp3) is 0.414. The molecular weight excluding hydrogens is 534 g/mol. The van der Waals surface area contributed by atoms with Gasteiger partial charge in [-0.15, -0.1) is 0 Å². The first kappa shape index (κ1) is 30.9. The molecule has 0 saturated carbocycles. The minimum absolute atomic E-state index is 0.141. The minimum atomic E-state index is -1.03. The lowest BCUT2D eigenvalue weighted by Gasteiger charge is -2.20. The second-order valence-electron chi connectivity index (χ2n) is 10.7. The normalized spacial score (nSPS) is 12.3. The molecule has 0 fully saturated rings. The van der Waals surface area contributed by atoms with E-state index in [9.17, 15) is 14.7 Å². The Kier molecular flexibility index (Phi) is 10.6. The van der Waals surface area contributed by atoms with Gasteiger partial charge in [-0.2, -0.15) is 0 Å². The number of nitrogens with one attached hydrogen (secondary N) is 2. The van der Waals surface area contributed by atoms with Crippen LogP contribution in [0.4, 0.5) is 4.79 Å². The van der Waals surface area contributed by atoms with Crippen LogP contribution in [0, 0.1) is 0 Å². The molecular formula is C29H38ClN5O5. The van der Waals surface area contributed by atoms with Gasteiger partial charge < -0.3 is 34.7 Å². The van der Waals surface area contributed by atoms with Gasteiger partial charge in [0.15, 0.2) is 0 Å². The molecule has 1 unspecified atom stereocenters. The van der Waals surface area contributed by atoms with Crippen molar-refractivity contribution in [3.8, 4) is 22.8 Å². The molecule has 0 bridgehead atoms. The van der Waals surface area contributed by atoms with E-state index < -0.39 is 23.7 Å². The first-order valence-electron chi connectivity index (χ1n) is 13.0. The van der Waals surface area contributed by atoms with E-state index in [0.717, 1.165) is 29.2 Å². The van der Waals surface area contributed by atoms with Gasteiger partial charge in [-0.3, -0.25) is 4.79 Å². The number of carbonyl (C=O) groups is 2. The van der Waals surface area contributed by atoms with Crippen LogP contribution in [-0.2, 0) is 29.7 Å². The fourth-order valence-corrected chi connectivity index (χ4v) is 4.08. The highest BCUT2D eigenvalue weighted by Gasteiger charge is 2.20. The lowest BCUT2D eigenvalue weighted by molar-refractivity contribution is -0.139. The molecule has 0 saturated heterocycles. The van der Waals surface area contributed by atoms with Crippen molar-refractivity contribution < 1.29 is 24.2 Å². The number of halogens is 1. The Morgan fingerprint density at radius 2 is 1.85 bits per heavy atom. The molecule has 3 aromatic rings. The van der Waals surface area contributed by atoms with E-state index in [4.69, 9.17) is 21.1 Å². The van der Waals surface area contributed by atoms with Gasteiger partial charge in [-0.05, 0) is 77.7 Å². The molecule has 0 aliphatic carbocycles. The minimum Gasteiger partial charge on any atom is -0.480 e. The molecule has 3 N–H and O–H groups in total. The van der Waals surface area contributed by atoms with E-state index in [1.165, 1.54) is 0 Å². The lowest BCUT2D eigenvalue weighted by Crippen LogP contribution is -2.40. The predicted octanol–water partition coefficient (Wildman–Crippen LogP) is 5.05. The molecule has 40 heavy (non-hydrogen) atoms. The number of carboxylic acids is 1. The van der Waals surface area contributed by atoms with E-state index >= 15 is 0 Å². The summed E-state index contributed by atoms with van der Waals surface area (Å²) in [5.74, 6) is 1.07. The van der Waals surface area contributed by atoms with Crippen LogP contribution in [0.3, 0.4) is 0 Å².